The minimum absolute atomic E-state index is 0.0439. The van der Waals surface area contributed by atoms with Gasteiger partial charge in [-0.25, -0.2) is 0 Å². The molecule has 2 heterocycles. The van der Waals surface area contributed by atoms with Gasteiger partial charge in [-0.3, -0.25) is 14.3 Å². The van der Waals surface area contributed by atoms with E-state index in [0.717, 1.165) is 17.8 Å². The molecule has 1 aliphatic rings. The predicted octanol–water partition coefficient (Wildman–Crippen LogP) is 1.78. The van der Waals surface area contributed by atoms with E-state index in [2.05, 4.69) is 17.2 Å². The van der Waals surface area contributed by atoms with Crippen molar-refractivity contribution in [3.63, 3.8) is 0 Å². The van der Waals surface area contributed by atoms with Gasteiger partial charge < -0.3 is 9.80 Å². The summed E-state index contributed by atoms with van der Waals surface area (Å²) in [4.78, 5) is 28.2. The van der Waals surface area contributed by atoms with Crippen LogP contribution in [0.5, 0.6) is 0 Å². The molecule has 6 nitrogen and oxygen atoms in total. The van der Waals surface area contributed by atoms with Crippen molar-refractivity contribution in [3.8, 4) is 0 Å². The lowest BCUT2D eigenvalue weighted by Crippen LogP contribution is -2.39. The molecular formula is C20H26N4O2. The van der Waals surface area contributed by atoms with Gasteiger partial charge in [0.25, 0.3) is 0 Å². The van der Waals surface area contributed by atoms with Crippen molar-refractivity contribution < 1.29 is 9.59 Å². The number of carbonyl (C=O) groups excluding carboxylic acids is 2. The smallest absolute Gasteiger partial charge is 0.242 e. The molecule has 1 atom stereocenters. The zero-order valence-electron chi connectivity index (χ0n) is 15.7. The molecule has 0 aliphatic carbocycles. The highest BCUT2D eigenvalue weighted by Crippen LogP contribution is 2.22. The van der Waals surface area contributed by atoms with Crippen LogP contribution in [0.3, 0.4) is 0 Å². The van der Waals surface area contributed by atoms with Gasteiger partial charge >= 0.3 is 0 Å². The number of hydrogen-bond donors (Lipinski definition) is 0. The highest BCUT2D eigenvalue weighted by atomic mass is 16.2. The first-order valence-electron chi connectivity index (χ1n) is 8.97. The van der Waals surface area contributed by atoms with E-state index in [9.17, 15) is 9.59 Å². The van der Waals surface area contributed by atoms with Crippen molar-refractivity contribution >= 4 is 11.8 Å². The number of likely N-dealkylation sites (tertiary alicyclic amines) is 1. The third-order valence-corrected chi connectivity index (χ3v) is 4.91. The Morgan fingerprint density at radius 2 is 2.04 bits per heavy atom. The van der Waals surface area contributed by atoms with Gasteiger partial charge in [0, 0.05) is 27.1 Å². The molecule has 138 valence electrons. The van der Waals surface area contributed by atoms with Crippen molar-refractivity contribution in [1.29, 1.82) is 0 Å². The van der Waals surface area contributed by atoms with Gasteiger partial charge in [0.05, 0.1) is 24.5 Å². The highest BCUT2D eigenvalue weighted by Gasteiger charge is 2.31. The summed E-state index contributed by atoms with van der Waals surface area (Å²) in [6.07, 6.45) is 1.40. The van der Waals surface area contributed by atoms with E-state index in [-0.39, 0.29) is 24.3 Å². The minimum atomic E-state index is -0.0439. The number of aromatic nitrogens is 2. The number of aryl methyl sites for hydroxylation is 2. The van der Waals surface area contributed by atoms with Crippen LogP contribution in [0.4, 0.5) is 0 Å². The maximum absolute atomic E-state index is 12.5. The summed E-state index contributed by atoms with van der Waals surface area (Å²) in [5.41, 5.74) is 3.15. The predicted molar refractivity (Wildman–Crippen MR) is 99.3 cm³/mol. The van der Waals surface area contributed by atoms with E-state index >= 15 is 0 Å². The van der Waals surface area contributed by atoms with Crippen LogP contribution in [0.1, 0.15) is 23.4 Å². The van der Waals surface area contributed by atoms with E-state index in [4.69, 9.17) is 0 Å². The standard InChI is InChI=1S/C20H26N4O2/c1-15-9-18(23(3)21-15)13-22(2)20(26)14-24-12-17(11-19(24)25)10-16-7-5-4-6-8-16/h4-9,17H,10-14H2,1-3H3/t17-/m1/s1. The third kappa shape index (κ3) is 4.31. The quantitative estimate of drug-likeness (QED) is 0.794. The topological polar surface area (TPSA) is 58.4 Å². The zero-order valence-corrected chi connectivity index (χ0v) is 15.7. The van der Waals surface area contributed by atoms with Gasteiger partial charge in [-0.15, -0.1) is 0 Å². The van der Waals surface area contributed by atoms with Crippen LogP contribution in [-0.2, 0) is 29.6 Å². The Morgan fingerprint density at radius 1 is 1.31 bits per heavy atom. The van der Waals surface area contributed by atoms with Crippen molar-refractivity contribution in [2.24, 2.45) is 13.0 Å². The molecule has 0 unspecified atom stereocenters. The van der Waals surface area contributed by atoms with Crippen LogP contribution in [0.25, 0.3) is 0 Å². The van der Waals surface area contributed by atoms with E-state index in [1.165, 1.54) is 5.56 Å². The fraction of sp³-hybridized carbons (Fsp3) is 0.450. The number of amides is 2. The average Bonchev–Trinajstić information content (AvgIpc) is 3.09. The van der Waals surface area contributed by atoms with E-state index < -0.39 is 0 Å². The number of likely N-dealkylation sites (N-methyl/N-ethyl adjacent to an activating group) is 1. The van der Waals surface area contributed by atoms with Crippen molar-refractivity contribution in [2.45, 2.75) is 26.3 Å². The number of hydrogen-bond acceptors (Lipinski definition) is 3. The first-order chi connectivity index (χ1) is 12.4. The van der Waals surface area contributed by atoms with Gasteiger partial charge in [-0.1, -0.05) is 30.3 Å². The number of benzene rings is 1. The summed E-state index contributed by atoms with van der Waals surface area (Å²) >= 11 is 0. The van der Waals surface area contributed by atoms with Crippen LogP contribution in [0.15, 0.2) is 36.4 Å². The molecule has 1 aromatic carbocycles. The Morgan fingerprint density at radius 3 is 2.69 bits per heavy atom. The molecule has 2 aromatic rings. The summed E-state index contributed by atoms with van der Waals surface area (Å²) in [6.45, 7) is 3.22. The Labute approximate surface area is 154 Å². The molecule has 3 rings (SSSR count). The summed E-state index contributed by atoms with van der Waals surface area (Å²) in [5.74, 6) is 0.310. The average molecular weight is 354 g/mol. The Balaban J connectivity index is 1.53. The van der Waals surface area contributed by atoms with Gasteiger partial charge in [0.15, 0.2) is 0 Å². The van der Waals surface area contributed by atoms with E-state index in [1.807, 2.05) is 38.2 Å². The van der Waals surface area contributed by atoms with Crippen molar-refractivity contribution in [2.75, 3.05) is 20.1 Å². The second kappa shape index (κ2) is 7.72. The second-order valence-corrected chi connectivity index (χ2v) is 7.18. The van der Waals surface area contributed by atoms with Crippen LogP contribution in [0, 0.1) is 12.8 Å². The van der Waals surface area contributed by atoms with Gasteiger partial charge in [-0.2, -0.15) is 5.10 Å². The van der Waals surface area contributed by atoms with Crippen LogP contribution < -0.4 is 0 Å². The van der Waals surface area contributed by atoms with Crippen LogP contribution >= 0.6 is 0 Å². The van der Waals surface area contributed by atoms with Gasteiger partial charge in [-0.05, 0) is 30.9 Å². The lowest BCUT2D eigenvalue weighted by molar-refractivity contribution is -0.137. The SMILES string of the molecule is Cc1cc(CN(C)C(=O)CN2C[C@H](Cc3ccccc3)CC2=O)n(C)n1. The first kappa shape index (κ1) is 18.2. The largest absolute Gasteiger partial charge is 0.338 e. The fourth-order valence-electron chi connectivity index (χ4n) is 3.52. The molecule has 1 saturated heterocycles. The number of carbonyl (C=O) groups is 2. The van der Waals surface area contributed by atoms with E-state index in [0.29, 0.717) is 19.5 Å². The Kier molecular flexibility index (Phi) is 5.40. The second-order valence-electron chi connectivity index (χ2n) is 7.18. The van der Waals surface area contributed by atoms with Crippen LogP contribution in [0.2, 0.25) is 0 Å². The Bertz CT molecular complexity index is 784. The molecule has 6 heteroatoms. The lowest BCUT2D eigenvalue weighted by Gasteiger charge is -2.22. The highest BCUT2D eigenvalue weighted by molar-refractivity contribution is 5.86. The maximum atomic E-state index is 12.5. The first-order valence-corrected chi connectivity index (χ1v) is 8.97. The summed E-state index contributed by atoms with van der Waals surface area (Å²) in [5, 5.41) is 4.30. The van der Waals surface area contributed by atoms with Gasteiger partial charge in [0.2, 0.25) is 11.8 Å². The van der Waals surface area contributed by atoms with Crippen molar-refractivity contribution in [3.05, 3.63) is 53.3 Å². The zero-order chi connectivity index (χ0) is 18.7. The molecule has 1 aliphatic heterocycles. The fourth-order valence-corrected chi connectivity index (χ4v) is 3.52. The normalized spacial score (nSPS) is 17.0. The van der Waals surface area contributed by atoms with E-state index in [1.54, 1.807) is 21.5 Å². The molecule has 26 heavy (non-hydrogen) atoms. The molecule has 2 amide bonds. The minimum Gasteiger partial charge on any atom is -0.338 e. The maximum Gasteiger partial charge on any atom is 0.242 e. The molecule has 0 radical (unpaired) electrons. The molecule has 0 saturated carbocycles. The molecule has 1 aromatic heterocycles. The molecule has 0 bridgehead atoms. The van der Waals surface area contributed by atoms with Crippen molar-refractivity contribution in [1.82, 2.24) is 19.6 Å². The molecule has 0 N–H and O–H groups in total. The molecular weight excluding hydrogens is 328 g/mol. The van der Waals surface area contributed by atoms with Gasteiger partial charge in [0.1, 0.15) is 0 Å². The summed E-state index contributed by atoms with van der Waals surface area (Å²) < 4.78 is 1.79. The summed E-state index contributed by atoms with van der Waals surface area (Å²) in [7, 11) is 3.64. The van der Waals surface area contributed by atoms with Crippen LogP contribution in [-0.4, -0.2) is 51.5 Å². The molecule has 0 spiro atoms. The third-order valence-electron chi connectivity index (χ3n) is 4.91. The summed E-state index contributed by atoms with van der Waals surface area (Å²) in [6, 6.07) is 12.2. The Hall–Kier alpha value is -2.63. The monoisotopic (exact) mass is 354 g/mol. The number of nitrogens with zero attached hydrogens (tertiary/aromatic N) is 4. The number of rotatable bonds is 6. The lowest BCUT2D eigenvalue weighted by atomic mass is 9.99. The molecule has 1 fully saturated rings.